The largest absolute Gasteiger partial charge is 0.337 e. The highest BCUT2D eigenvalue weighted by atomic mass is 16.2. The minimum Gasteiger partial charge on any atom is -0.337 e. The Kier molecular flexibility index (Phi) is 26.8. The summed E-state index contributed by atoms with van der Waals surface area (Å²) < 4.78 is 0. The van der Waals surface area contributed by atoms with Crippen LogP contribution in [0.1, 0.15) is 162 Å². The fourth-order valence-electron chi connectivity index (χ4n) is 4.53. The molecule has 198 valence electrons. The van der Waals surface area contributed by atoms with Crippen molar-refractivity contribution >= 4 is 6.03 Å². The first kappa shape index (κ1) is 32.2. The van der Waals surface area contributed by atoms with E-state index >= 15 is 0 Å². The van der Waals surface area contributed by atoms with E-state index in [1.807, 2.05) is 5.01 Å². The number of nitrogens with zero attached hydrogens (tertiary/aromatic N) is 1. The highest BCUT2D eigenvalue weighted by Gasteiger charge is 2.06. The number of urea groups is 1. The molecule has 2 amide bonds. The number of hydrogen-bond acceptors (Lipinski definition) is 2. The van der Waals surface area contributed by atoms with Crippen LogP contribution < -0.4 is 10.7 Å². The molecule has 0 spiro atoms. The maximum absolute atomic E-state index is 11.9. The van der Waals surface area contributed by atoms with Crippen LogP contribution in [0.15, 0.2) is 0 Å². The van der Waals surface area contributed by atoms with Crippen LogP contribution in [-0.4, -0.2) is 30.7 Å². The lowest BCUT2D eigenvalue weighted by molar-refractivity contribution is 0.176. The van der Waals surface area contributed by atoms with Crippen LogP contribution in [0.5, 0.6) is 0 Å². The minimum absolute atomic E-state index is 0.0466. The van der Waals surface area contributed by atoms with Crippen LogP contribution in [0.25, 0.3) is 0 Å². The van der Waals surface area contributed by atoms with Gasteiger partial charge in [0.05, 0.1) is 0 Å². The molecule has 0 heterocycles. The van der Waals surface area contributed by atoms with Crippen LogP contribution in [0, 0.1) is 0 Å². The van der Waals surface area contributed by atoms with Crippen molar-refractivity contribution in [2.45, 2.75) is 162 Å². The summed E-state index contributed by atoms with van der Waals surface area (Å²) in [6, 6.07) is -0.0466. The summed E-state index contributed by atoms with van der Waals surface area (Å²) in [5.74, 6) is 0. The van der Waals surface area contributed by atoms with Crippen molar-refractivity contribution < 1.29 is 4.79 Å². The molecule has 0 atom stereocenters. The molecule has 4 heteroatoms. The molecular formula is C29H61N3O. The number of rotatable bonds is 26. The topological polar surface area (TPSA) is 44.4 Å². The summed E-state index contributed by atoms with van der Waals surface area (Å²) in [6.07, 6.45) is 30.1. The van der Waals surface area contributed by atoms with Gasteiger partial charge in [-0.25, -0.2) is 9.80 Å². The first-order chi connectivity index (χ1) is 16.2. The third-order valence-electron chi connectivity index (χ3n) is 6.56. The Bertz CT molecular complexity index is 383. The van der Waals surface area contributed by atoms with Gasteiger partial charge in [-0.3, -0.25) is 5.43 Å². The third-order valence-corrected chi connectivity index (χ3v) is 6.56. The summed E-state index contributed by atoms with van der Waals surface area (Å²) in [4.78, 5) is 11.9. The first-order valence-electron chi connectivity index (χ1n) is 15.0. The van der Waals surface area contributed by atoms with Gasteiger partial charge in [0.25, 0.3) is 0 Å². The Balaban J connectivity index is 3.21. The van der Waals surface area contributed by atoms with Crippen molar-refractivity contribution in [2.75, 3.05) is 19.6 Å². The van der Waals surface area contributed by atoms with Gasteiger partial charge in [-0.1, -0.05) is 143 Å². The lowest BCUT2D eigenvalue weighted by atomic mass is 10.0. The monoisotopic (exact) mass is 467 g/mol. The Morgan fingerprint density at radius 3 is 1.15 bits per heavy atom. The molecule has 4 nitrogen and oxygen atoms in total. The maximum atomic E-state index is 11.9. The normalized spacial score (nSPS) is 11.3. The molecule has 0 aliphatic carbocycles. The van der Waals surface area contributed by atoms with E-state index in [0.717, 1.165) is 38.9 Å². The first-order valence-corrected chi connectivity index (χ1v) is 15.0. The molecular weight excluding hydrogens is 406 g/mol. The highest BCUT2D eigenvalue weighted by molar-refractivity contribution is 5.73. The Hall–Kier alpha value is -0.770. The van der Waals surface area contributed by atoms with Crippen LogP contribution in [0.3, 0.4) is 0 Å². The molecule has 0 bridgehead atoms. The van der Waals surface area contributed by atoms with Gasteiger partial charge in [0, 0.05) is 19.6 Å². The van der Waals surface area contributed by atoms with Gasteiger partial charge >= 0.3 is 6.03 Å². The van der Waals surface area contributed by atoms with E-state index in [2.05, 4.69) is 31.5 Å². The zero-order chi connectivity index (χ0) is 24.2. The molecule has 0 rings (SSSR count). The van der Waals surface area contributed by atoms with E-state index in [1.54, 1.807) is 0 Å². The molecule has 0 aromatic heterocycles. The van der Waals surface area contributed by atoms with E-state index in [1.165, 1.54) is 122 Å². The number of carbonyl (C=O) groups is 1. The van der Waals surface area contributed by atoms with E-state index in [9.17, 15) is 4.79 Å². The fourth-order valence-corrected chi connectivity index (χ4v) is 4.53. The summed E-state index contributed by atoms with van der Waals surface area (Å²) in [6.45, 7) is 9.20. The van der Waals surface area contributed by atoms with Crippen molar-refractivity contribution in [3.05, 3.63) is 0 Å². The molecule has 33 heavy (non-hydrogen) atoms. The van der Waals surface area contributed by atoms with Crippen LogP contribution >= 0.6 is 0 Å². The molecule has 0 aromatic rings. The molecule has 0 saturated carbocycles. The van der Waals surface area contributed by atoms with Crippen LogP contribution in [0.4, 0.5) is 4.79 Å². The predicted molar refractivity (Wildman–Crippen MR) is 147 cm³/mol. The number of nitrogens with one attached hydrogen (secondary N) is 2. The van der Waals surface area contributed by atoms with Crippen molar-refractivity contribution in [1.29, 1.82) is 0 Å². The summed E-state index contributed by atoms with van der Waals surface area (Å²) in [5, 5.41) is 5.02. The van der Waals surface area contributed by atoms with Gasteiger partial charge in [-0.05, 0) is 19.3 Å². The quantitative estimate of drug-likeness (QED) is 0.0983. The minimum atomic E-state index is -0.0466. The standard InChI is InChI=1S/C29H61N3O/c1-4-7-8-9-10-11-12-13-14-15-16-17-18-19-20-21-22-23-24-25-26-30-29(33)31-32(27-5-2)28-6-3/h4-28H2,1-3H3,(H2,30,31,33). The van der Waals surface area contributed by atoms with E-state index in [-0.39, 0.29) is 6.03 Å². The Labute approximate surface area is 208 Å². The van der Waals surface area contributed by atoms with Gasteiger partial charge in [-0.2, -0.15) is 0 Å². The third kappa shape index (κ3) is 25.7. The molecule has 0 saturated heterocycles. The van der Waals surface area contributed by atoms with Crippen molar-refractivity contribution in [2.24, 2.45) is 0 Å². The Morgan fingerprint density at radius 2 is 0.818 bits per heavy atom. The Morgan fingerprint density at radius 1 is 0.485 bits per heavy atom. The van der Waals surface area contributed by atoms with Crippen molar-refractivity contribution in [3.63, 3.8) is 0 Å². The zero-order valence-corrected chi connectivity index (χ0v) is 23.0. The fraction of sp³-hybridized carbons (Fsp3) is 0.966. The van der Waals surface area contributed by atoms with Crippen LogP contribution in [-0.2, 0) is 0 Å². The van der Waals surface area contributed by atoms with Crippen LogP contribution in [0.2, 0.25) is 0 Å². The molecule has 0 unspecified atom stereocenters. The molecule has 0 radical (unpaired) electrons. The molecule has 2 N–H and O–H groups in total. The second-order valence-corrected chi connectivity index (χ2v) is 10.1. The summed E-state index contributed by atoms with van der Waals surface area (Å²) in [5.41, 5.74) is 2.96. The molecule has 0 fully saturated rings. The van der Waals surface area contributed by atoms with Gasteiger partial charge < -0.3 is 5.32 Å². The van der Waals surface area contributed by atoms with Gasteiger partial charge in [0.1, 0.15) is 0 Å². The lowest BCUT2D eigenvalue weighted by Crippen LogP contribution is -2.48. The van der Waals surface area contributed by atoms with Gasteiger partial charge in [0.2, 0.25) is 0 Å². The second kappa shape index (κ2) is 27.5. The van der Waals surface area contributed by atoms with Crippen molar-refractivity contribution in [3.8, 4) is 0 Å². The SMILES string of the molecule is CCCCCCCCCCCCCCCCCCCCCCNC(=O)NN(CCC)CCC. The maximum Gasteiger partial charge on any atom is 0.329 e. The van der Waals surface area contributed by atoms with Gasteiger partial charge in [-0.15, -0.1) is 0 Å². The smallest absolute Gasteiger partial charge is 0.329 e. The highest BCUT2D eigenvalue weighted by Crippen LogP contribution is 2.14. The average Bonchev–Trinajstić information content (AvgIpc) is 2.80. The number of hydrogen-bond donors (Lipinski definition) is 2. The second-order valence-electron chi connectivity index (χ2n) is 10.1. The number of carbonyl (C=O) groups excluding carboxylic acids is 1. The molecule has 0 aliphatic heterocycles. The average molecular weight is 468 g/mol. The van der Waals surface area contributed by atoms with Gasteiger partial charge in [0.15, 0.2) is 0 Å². The number of unbranched alkanes of at least 4 members (excludes halogenated alkanes) is 19. The number of hydrazine groups is 1. The van der Waals surface area contributed by atoms with E-state index in [0.29, 0.717) is 0 Å². The predicted octanol–water partition coefficient (Wildman–Crippen LogP) is 9.14. The number of amides is 2. The lowest BCUT2D eigenvalue weighted by Gasteiger charge is -2.22. The molecule has 0 aromatic carbocycles. The summed E-state index contributed by atoms with van der Waals surface area (Å²) >= 11 is 0. The van der Waals surface area contributed by atoms with Crippen molar-refractivity contribution in [1.82, 2.24) is 15.8 Å². The van der Waals surface area contributed by atoms with E-state index < -0.39 is 0 Å². The zero-order valence-electron chi connectivity index (χ0n) is 23.0. The van der Waals surface area contributed by atoms with E-state index in [4.69, 9.17) is 0 Å². The molecule has 0 aliphatic rings. The summed E-state index contributed by atoms with van der Waals surface area (Å²) in [7, 11) is 0.